The number of rotatable bonds is 4. The molecule has 0 bridgehead atoms. The van der Waals surface area contributed by atoms with E-state index in [9.17, 15) is 9.65 Å². The van der Waals surface area contributed by atoms with E-state index < -0.39 is 11.6 Å². The van der Waals surface area contributed by atoms with Gasteiger partial charge in [0.2, 0.25) is 0 Å². The van der Waals surface area contributed by atoms with Gasteiger partial charge in [-0.15, -0.1) is 11.3 Å². The van der Waals surface area contributed by atoms with Gasteiger partial charge in [0.15, 0.2) is 11.6 Å². The third kappa shape index (κ3) is 4.43. The minimum atomic E-state index is -0.741. The van der Waals surface area contributed by atoms with Crippen molar-refractivity contribution in [3.8, 4) is 29.0 Å². The van der Waals surface area contributed by atoms with Crippen LogP contribution < -0.4 is 25.8 Å². The molecule has 3 unspecified atom stereocenters. The summed E-state index contributed by atoms with van der Waals surface area (Å²) < 4.78 is 45.1. The van der Waals surface area contributed by atoms with Crippen LogP contribution in [0, 0.1) is 28.9 Å². The molecule has 4 aliphatic heterocycles. The van der Waals surface area contributed by atoms with E-state index in [0.717, 1.165) is 63.0 Å². The first kappa shape index (κ1) is 29.9. The Balaban J connectivity index is 1.35. The first-order valence-corrected chi connectivity index (χ1v) is 17.1. The highest BCUT2D eigenvalue weighted by atomic mass is 35.5. The van der Waals surface area contributed by atoms with E-state index in [-0.39, 0.29) is 78.3 Å². The smallest absolute Gasteiger partial charge is 0.319 e. The lowest BCUT2D eigenvalue weighted by molar-refractivity contribution is 0.107. The molecule has 13 heteroatoms. The van der Waals surface area contributed by atoms with Crippen LogP contribution in [0.15, 0.2) is 12.1 Å². The maximum absolute atomic E-state index is 17.2. The number of nitrogen functional groups attached to an aromatic ring is 1. The van der Waals surface area contributed by atoms with Crippen molar-refractivity contribution in [3.63, 3.8) is 0 Å². The predicted molar refractivity (Wildman–Crippen MR) is 176 cm³/mol. The van der Waals surface area contributed by atoms with E-state index in [0.29, 0.717) is 30.3 Å². The predicted octanol–water partition coefficient (Wildman–Crippen LogP) is 6.23. The molecule has 3 fully saturated rings. The van der Waals surface area contributed by atoms with Gasteiger partial charge in [0, 0.05) is 30.1 Å². The Bertz CT molecular complexity index is 1950. The summed E-state index contributed by atoms with van der Waals surface area (Å²) in [4.78, 5) is 14.2. The third-order valence-corrected chi connectivity index (χ3v) is 11.8. The van der Waals surface area contributed by atoms with Crippen molar-refractivity contribution < 1.29 is 18.3 Å². The zero-order valence-electron chi connectivity index (χ0n) is 25.4. The van der Waals surface area contributed by atoms with E-state index in [2.05, 4.69) is 27.8 Å². The molecule has 4 aromatic rings. The molecule has 2 aromatic carbocycles. The number of halogens is 3. The van der Waals surface area contributed by atoms with Crippen LogP contribution >= 0.6 is 22.9 Å². The molecule has 0 saturated carbocycles. The highest BCUT2D eigenvalue weighted by Gasteiger charge is 2.48. The van der Waals surface area contributed by atoms with Crippen molar-refractivity contribution in [1.29, 1.82) is 5.26 Å². The summed E-state index contributed by atoms with van der Waals surface area (Å²) in [6, 6.07) is 4.34. The fourth-order valence-electron chi connectivity index (χ4n) is 8.31. The molecule has 4 N–H and O–H groups in total. The van der Waals surface area contributed by atoms with Crippen molar-refractivity contribution in [3.05, 3.63) is 34.4 Å². The summed E-state index contributed by atoms with van der Waals surface area (Å²) in [6.45, 7) is 5.58. The van der Waals surface area contributed by atoms with Crippen LogP contribution in [0.2, 0.25) is 5.02 Å². The Labute approximate surface area is 274 Å². The molecule has 4 atom stereocenters. The van der Waals surface area contributed by atoms with E-state index in [1.54, 1.807) is 0 Å². The van der Waals surface area contributed by atoms with Crippen LogP contribution in [0.4, 0.5) is 19.6 Å². The second-order valence-electron chi connectivity index (χ2n) is 13.2. The minimum Gasteiger partial charge on any atom is -0.489 e. The van der Waals surface area contributed by atoms with Crippen molar-refractivity contribution in [2.45, 2.75) is 63.1 Å². The van der Waals surface area contributed by atoms with E-state index in [1.807, 2.05) is 0 Å². The van der Waals surface area contributed by atoms with Crippen LogP contribution in [0.5, 0.6) is 11.8 Å². The van der Waals surface area contributed by atoms with Gasteiger partial charge in [0.1, 0.15) is 41.4 Å². The van der Waals surface area contributed by atoms with Crippen LogP contribution in [-0.4, -0.2) is 65.3 Å². The number of hydrogen-bond acceptors (Lipinski definition) is 10. The number of ether oxygens (including phenoxy) is 2. The number of anilines is 2. The number of hydrogen-bond donors (Lipinski definition) is 2. The van der Waals surface area contributed by atoms with Crippen molar-refractivity contribution in [1.82, 2.24) is 14.9 Å². The summed E-state index contributed by atoms with van der Waals surface area (Å²) in [5, 5.41) is 10.6. The highest BCUT2D eigenvalue weighted by Crippen LogP contribution is 2.51. The van der Waals surface area contributed by atoms with Gasteiger partial charge < -0.3 is 25.8 Å². The van der Waals surface area contributed by atoms with E-state index in [1.165, 1.54) is 12.1 Å². The lowest BCUT2D eigenvalue weighted by Gasteiger charge is -2.33. The zero-order chi connectivity index (χ0) is 31.9. The molecule has 46 heavy (non-hydrogen) atoms. The van der Waals surface area contributed by atoms with Gasteiger partial charge in [0.25, 0.3) is 0 Å². The molecule has 2 aromatic heterocycles. The van der Waals surface area contributed by atoms with Crippen molar-refractivity contribution in [2.24, 2.45) is 11.7 Å². The molecule has 8 rings (SSSR count). The summed E-state index contributed by atoms with van der Waals surface area (Å²) in [6.07, 6.45) is 5.80. The first-order valence-electron chi connectivity index (χ1n) is 15.9. The molecule has 6 heterocycles. The largest absolute Gasteiger partial charge is 0.489 e. The average molecular weight is 666 g/mol. The Kier molecular flexibility index (Phi) is 7.17. The van der Waals surface area contributed by atoms with Gasteiger partial charge in [-0.25, -0.2) is 8.78 Å². The Hall–Kier alpha value is -3.50. The third-order valence-electron chi connectivity index (χ3n) is 10.4. The maximum atomic E-state index is 17.2. The van der Waals surface area contributed by atoms with Gasteiger partial charge in [-0.3, -0.25) is 4.90 Å². The Morgan fingerprint density at radius 3 is 2.89 bits per heavy atom. The molecule has 0 amide bonds. The van der Waals surface area contributed by atoms with Crippen LogP contribution in [0.1, 0.15) is 51.0 Å². The van der Waals surface area contributed by atoms with Gasteiger partial charge in [-0.05, 0) is 56.2 Å². The second kappa shape index (κ2) is 11.0. The highest BCUT2D eigenvalue weighted by molar-refractivity contribution is 7.23. The average Bonchev–Trinajstić information content (AvgIpc) is 3.59. The molecule has 9 nitrogen and oxygen atoms in total. The lowest BCUT2D eigenvalue weighted by atomic mass is 9.92. The Morgan fingerprint density at radius 2 is 2.07 bits per heavy atom. The Morgan fingerprint density at radius 1 is 1.22 bits per heavy atom. The van der Waals surface area contributed by atoms with Gasteiger partial charge in [0.05, 0.1) is 32.3 Å². The fraction of sp³-hybridized carbons (Fsp3) is 0.485. The van der Waals surface area contributed by atoms with Crippen LogP contribution in [-0.2, 0) is 0 Å². The fourth-order valence-corrected chi connectivity index (χ4v) is 9.59. The molecule has 4 aliphatic rings. The molecule has 240 valence electrons. The number of aromatic nitrogens is 2. The summed E-state index contributed by atoms with van der Waals surface area (Å²) in [7, 11) is 0. The summed E-state index contributed by atoms with van der Waals surface area (Å²) in [5.74, 6) is -0.0457. The quantitative estimate of drug-likeness (QED) is 0.261. The molecule has 0 aliphatic carbocycles. The van der Waals surface area contributed by atoms with Crippen molar-refractivity contribution >= 4 is 54.7 Å². The molecule has 0 radical (unpaired) electrons. The first-order chi connectivity index (χ1) is 22.2. The normalized spacial score (nSPS) is 26.0. The topological polar surface area (TPSA) is 127 Å². The molecule has 0 spiro atoms. The van der Waals surface area contributed by atoms with Gasteiger partial charge >= 0.3 is 6.01 Å². The number of fused-ring (bicyclic) bond motifs is 4. The summed E-state index contributed by atoms with van der Waals surface area (Å²) >= 11 is 8.00. The number of benzene rings is 2. The monoisotopic (exact) mass is 665 g/mol. The number of nitrogens with zero attached hydrogens (tertiary/aromatic N) is 5. The molecular formula is C33H34ClF2N7O2S. The van der Waals surface area contributed by atoms with E-state index in [4.69, 9.17) is 37.5 Å². The standard InChI is InChI=1S/C33H34ClF2N7O2S/c1-16-11-33(8-4-9-42(33)13-16)15-45-32-40-27-24-28(44-14-21-20(38)5-2-3-10-43(21)31(24)41-32)25(34)23(26(27)36)17-6-7-19(35)29-22(17)18(12-37)30(39)46-29/h6-7,16,20-21H,2-5,8-11,13-15,38-39H2,1H3/t16-,20?,21?,33?/m1/s1. The van der Waals surface area contributed by atoms with Crippen LogP contribution in [0.3, 0.4) is 0 Å². The van der Waals surface area contributed by atoms with E-state index >= 15 is 4.39 Å². The number of nitrogens with two attached hydrogens (primary N) is 2. The number of nitriles is 1. The molecular weight excluding hydrogens is 632 g/mol. The summed E-state index contributed by atoms with van der Waals surface area (Å²) in [5.41, 5.74) is 12.9. The SMILES string of the molecule is C[C@H]1CN2CCCC2(COc2nc3c4c(c(Cl)c(-c5ccc(F)c6sc(N)c(C#N)c56)c(F)c4n2)OCC2C(N)CCCCN32)C1. The number of thiophene rings is 1. The second-order valence-corrected chi connectivity index (χ2v) is 14.7. The molecule has 3 saturated heterocycles. The lowest BCUT2D eigenvalue weighted by Crippen LogP contribution is -2.50. The van der Waals surface area contributed by atoms with Crippen LogP contribution in [0.25, 0.3) is 32.1 Å². The zero-order valence-corrected chi connectivity index (χ0v) is 27.0. The minimum absolute atomic E-state index is 0.0169. The van der Waals surface area contributed by atoms with Gasteiger partial charge in [-0.1, -0.05) is 31.0 Å². The van der Waals surface area contributed by atoms with Gasteiger partial charge in [-0.2, -0.15) is 15.2 Å². The maximum Gasteiger partial charge on any atom is 0.319 e. The van der Waals surface area contributed by atoms with Crippen molar-refractivity contribution in [2.75, 3.05) is 43.5 Å².